The first-order chi connectivity index (χ1) is 12.6. The molecule has 0 radical (unpaired) electrons. The van der Waals surface area contributed by atoms with Crippen LogP contribution in [0.3, 0.4) is 0 Å². The third kappa shape index (κ3) is 6.52. The van der Waals surface area contributed by atoms with Gasteiger partial charge in [0.05, 0.1) is 19.3 Å². The molecule has 2 aromatic carbocycles. The van der Waals surface area contributed by atoms with Crippen LogP contribution in [0.2, 0.25) is 0 Å². The normalized spacial score (nSPS) is 10.8. The average molecular weight is 355 g/mol. The number of nitrogens with zero attached hydrogens (tertiary/aromatic N) is 1. The minimum atomic E-state index is -0.301. The maximum absolute atomic E-state index is 11.5. The topological polar surface area (TPSA) is 38.8 Å². The standard InChI is InChI=1S/C22H29NO3/c1-23(2)16-6-7-17-26-21-9-5-4-8-19(21)13-10-18-11-14-20(15-12-18)22(24)25-3/h4-5,8-9,11-12,14-15H,6-7,10,13,16-17H2,1-3H3. The highest BCUT2D eigenvalue weighted by Crippen LogP contribution is 2.20. The summed E-state index contributed by atoms with van der Waals surface area (Å²) in [5, 5.41) is 0. The number of unbranched alkanes of at least 4 members (excludes halogenated alkanes) is 1. The Morgan fingerprint density at radius 3 is 2.38 bits per heavy atom. The van der Waals surface area contributed by atoms with Crippen LogP contribution in [0.15, 0.2) is 48.5 Å². The van der Waals surface area contributed by atoms with E-state index in [-0.39, 0.29) is 5.97 Å². The lowest BCUT2D eigenvalue weighted by atomic mass is 10.0. The van der Waals surface area contributed by atoms with Gasteiger partial charge in [0, 0.05) is 0 Å². The Kier molecular flexibility index (Phi) is 8.16. The molecule has 0 amide bonds. The van der Waals surface area contributed by atoms with Crippen LogP contribution in [-0.2, 0) is 17.6 Å². The van der Waals surface area contributed by atoms with Crippen LogP contribution in [0, 0.1) is 0 Å². The number of carbonyl (C=O) groups is 1. The second-order valence-electron chi connectivity index (χ2n) is 6.66. The van der Waals surface area contributed by atoms with Crippen LogP contribution < -0.4 is 4.74 Å². The van der Waals surface area contributed by atoms with Crippen molar-refractivity contribution >= 4 is 5.97 Å². The zero-order valence-corrected chi connectivity index (χ0v) is 16.0. The number of carbonyl (C=O) groups excluding carboxylic acids is 1. The first-order valence-electron chi connectivity index (χ1n) is 9.13. The number of para-hydroxylation sites is 1. The number of ether oxygens (including phenoxy) is 2. The largest absolute Gasteiger partial charge is 0.493 e. The van der Waals surface area contributed by atoms with Gasteiger partial charge in [-0.05, 0) is 75.6 Å². The summed E-state index contributed by atoms with van der Waals surface area (Å²) in [5.74, 6) is 0.674. The molecule has 0 heterocycles. The maximum Gasteiger partial charge on any atom is 0.337 e. The molecule has 2 rings (SSSR count). The van der Waals surface area contributed by atoms with Gasteiger partial charge in [0.25, 0.3) is 0 Å². The fourth-order valence-corrected chi connectivity index (χ4v) is 2.77. The summed E-state index contributed by atoms with van der Waals surface area (Å²) in [7, 11) is 5.58. The predicted octanol–water partition coefficient (Wildman–Crippen LogP) is 3.98. The molecule has 0 unspecified atom stereocenters. The van der Waals surface area contributed by atoms with E-state index in [2.05, 4.69) is 31.1 Å². The number of esters is 1. The zero-order valence-electron chi connectivity index (χ0n) is 16.0. The average Bonchev–Trinajstić information content (AvgIpc) is 2.66. The van der Waals surface area contributed by atoms with E-state index in [1.54, 1.807) is 0 Å². The number of hydrogen-bond donors (Lipinski definition) is 0. The van der Waals surface area contributed by atoms with Gasteiger partial charge in [0.15, 0.2) is 0 Å². The maximum atomic E-state index is 11.5. The summed E-state index contributed by atoms with van der Waals surface area (Å²) in [6.45, 7) is 1.84. The Hall–Kier alpha value is -2.33. The van der Waals surface area contributed by atoms with E-state index in [1.165, 1.54) is 18.2 Å². The van der Waals surface area contributed by atoms with Gasteiger partial charge in [-0.3, -0.25) is 0 Å². The van der Waals surface area contributed by atoms with Crippen molar-refractivity contribution < 1.29 is 14.3 Å². The smallest absolute Gasteiger partial charge is 0.337 e. The van der Waals surface area contributed by atoms with E-state index >= 15 is 0 Å². The molecule has 26 heavy (non-hydrogen) atoms. The molecule has 2 aromatic rings. The van der Waals surface area contributed by atoms with Crippen molar-refractivity contribution in [1.29, 1.82) is 0 Å². The van der Waals surface area contributed by atoms with E-state index in [0.717, 1.165) is 44.6 Å². The molecule has 0 bridgehead atoms. The Bertz CT molecular complexity index is 680. The molecule has 0 N–H and O–H groups in total. The van der Waals surface area contributed by atoms with Gasteiger partial charge < -0.3 is 14.4 Å². The second kappa shape index (κ2) is 10.6. The Morgan fingerprint density at radius 2 is 1.69 bits per heavy atom. The van der Waals surface area contributed by atoms with Crippen molar-refractivity contribution in [3.63, 3.8) is 0 Å². The van der Waals surface area contributed by atoms with Gasteiger partial charge in [0.1, 0.15) is 5.75 Å². The van der Waals surface area contributed by atoms with Crippen molar-refractivity contribution in [1.82, 2.24) is 4.90 Å². The molecule has 0 aliphatic heterocycles. The van der Waals surface area contributed by atoms with Crippen LogP contribution in [0.1, 0.15) is 34.3 Å². The molecule has 0 saturated heterocycles. The summed E-state index contributed by atoms with van der Waals surface area (Å²) in [4.78, 5) is 13.7. The minimum Gasteiger partial charge on any atom is -0.493 e. The Balaban J connectivity index is 1.86. The number of hydrogen-bond acceptors (Lipinski definition) is 4. The third-order valence-corrected chi connectivity index (χ3v) is 4.29. The lowest BCUT2D eigenvalue weighted by Gasteiger charge is -2.13. The highest BCUT2D eigenvalue weighted by Gasteiger charge is 2.06. The van der Waals surface area contributed by atoms with E-state index < -0.39 is 0 Å². The van der Waals surface area contributed by atoms with Crippen molar-refractivity contribution in [3.8, 4) is 5.75 Å². The van der Waals surface area contributed by atoms with Gasteiger partial charge in [-0.15, -0.1) is 0 Å². The third-order valence-electron chi connectivity index (χ3n) is 4.29. The minimum absolute atomic E-state index is 0.301. The number of rotatable bonds is 10. The molecule has 0 atom stereocenters. The van der Waals surface area contributed by atoms with Gasteiger partial charge in [-0.2, -0.15) is 0 Å². The number of methoxy groups -OCH3 is 1. The number of benzene rings is 2. The predicted molar refractivity (Wildman–Crippen MR) is 105 cm³/mol. The summed E-state index contributed by atoms with van der Waals surface area (Å²) in [5.41, 5.74) is 2.99. The van der Waals surface area contributed by atoms with E-state index in [1.807, 2.05) is 36.4 Å². The molecule has 0 spiro atoms. The van der Waals surface area contributed by atoms with Crippen molar-refractivity contribution in [2.45, 2.75) is 25.7 Å². The second-order valence-corrected chi connectivity index (χ2v) is 6.66. The molecule has 0 aromatic heterocycles. The van der Waals surface area contributed by atoms with E-state index in [4.69, 9.17) is 9.47 Å². The van der Waals surface area contributed by atoms with E-state index in [9.17, 15) is 4.79 Å². The summed E-state index contributed by atoms with van der Waals surface area (Å²) in [6, 6.07) is 15.8. The molecule has 4 heteroatoms. The van der Waals surface area contributed by atoms with Crippen molar-refractivity contribution in [3.05, 3.63) is 65.2 Å². The molecule has 0 fully saturated rings. The highest BCUT2D eigenvalue weighted by atomic mass is 16.5. The fraction of sp³-hybridized carbons (Fsp3) is 0.409. The fourth-order valence-electron chi connectivity index (χ4n) is 2.77. The lowest BCUT2D eigenvalue weighted by Crippen LogP contribution is -2.13. The highest BCUT2D eigenvalue weighted by molar-refractivity contribution is 5.89. The molecule has 0 aliphatic carbocycles. The molecule has 140 valence electrons. The zero-order chi connectivity index (χ0) is 18.8. The lowest BCUT2D eigenvalue weighted by molar-refractivity contribution is 0.0600. The first kappa shape index (κ1) is 20.0. The summed E-state index contributed by atoms with van der Waals surface area (Å²) >= 11 is 0. The molecular formula is C22H29NO3. The SMILES string of the molecule is COC(=O)c1ccc(CCc2ccccc2OCCCCN(C)C)cc1. The Morgan fingerprint density at radius 1 is 0.962 bits per heavy atom. The quantitative estimate of drug-likeness (QED) is 0.477. The molecule has 0 saturated carbocycles. The summed E-state index contributed by atoms with van der Waals surface area (Å²) in [6.07, 6.45) is 4.01. The van der Waals surface area contributed by atoms with Gasteiger partial charge in [-0.1, -0.05) is 30.3 Å². The van der Waals surface area contributed by atoms with Crippen molar-refractivity contribution in [2.24, 2.45) is 0 Å². The van der Waals surface area contributed by atoms with Gasteiger partial charge in [-0.25, -0.2) is 4.79 Å². The van der Waals surface area contributed by atoms with Crippen LogP contribution in [0.4, 0.5) is 0 Å². The summed E-state index contributed by atoms with van der Waals surface area (Å²) < 4.78 is 10.7. The van der Waals surface area contributed by atoms with Crippen molar-refractivity contribution in [2.75, 3.05) is 34.4 Å². The number of aryl methyl sites for hydroxylation is 2. The molecule has 4 nitrogen and oxygen atoms in total. The van der Waals surface area contributed by atoms with Crippen LogP contribution in [0.5, 0.6) is 5.75 Å². The van der Waals surface area contributed by atoms with Gasteiger partial charge in [0.2, 0.25) is 0 Å². The molecule has 0 aliphatic rings. The first-order valence-corrected chi connectivity index (χ1v) is 9.13. The molecular weight excluding hydrogens is 326 g/mol. The Labute approximate surface area is 156 Å². The monoisotopic (exact) mass is 355 g/mol. The van der Waals surface area contributed by atoms with Crippen LogP contribution >= 0.6 is 0 Å². The van der Waals surface area contributed by atoms with Gasteiger partial charge >= 0.3 is 5.97 Å². The van der Waals surface area contributed by atoms with Crippen LogP contribution in [0.25, 0.3) is 0 Å². The van der Waals surface area contributed by atoms with Crippen LogP contribution in [-0.4, -0.2) is 45.2 Å². The van der Waals surface area contributed by atoms with E-state index in [0.29, 0.717) is 5.56 Å².